The Kier molecular flexibility index (Phi) is 32.8. The van der Waals surface area contributed by atoms with Crippen molar-refractivity contribution in [2.75, 3.05) is 26.4 Å². The van der Waals surface area contributed by atoms with Crippen molar-refractivity contribution in [2.45, 2.75) is 174 Å². The summed E-state index contributed by atoms with van der Waals surface area (Å²) in [6.07, 6.45) is 30.1. The van der Waals surface area contributed by atoms with Gasteiger partial charge in [-0.1, -0.05) is 134 Å². The molecule has 1 unspecified atom stereocenters. The number of allylic oxidation sites excluding steroid dienone is 4. The van der Waals surface area contributed by atoms with Crippen molar-refractivity contribution in [1.82, 2.24) is 0 Å². The molecule has 0 spiro atoms. The molecular weight excluding hydrogens is 635 g/mol. The molecule has 0 aromatic rings. The number of ether oxygens (including phenoxy) is 2. The van der Waals surface area contributed by atoms with Gasteiger partial charge in [-0.05, 0) is 38.5 Å². The maximum atomic E-state index is 12.5. The Bertz CT molecular complexity index is 863. The number of phosphoric acid groups is 1. The van der Waals surface area contributed by atoms with Crippen LogP contribution in [0.2, 0.25) is 0 Å². The van der Waals surface area contributed by atoms with Gasteiger partial charge >= 0.3 is 19.8 Å². The summed E-state index contributed by atoms with van der Waals surface area (Å²) in [4.78, 5) is 34.7. The van der Waals surface area contributed by atoms with E-state index in [0.29, 0.717) is 12.8 Å². The van der Waals surface area contributed by atoms with Gasteiger partial charge in [0.2, 0.25) is 0 Å². The van der Waals surface area contributed by atoms with Crippen LogP contribution in [0.1, 0.15) is 162 Å². The SMILES string of the molecule is CCCCCC/C=C/C=C/CCCCCCCC(=O)OC[C@@H](COP(=O)(O)OC[C@H](O)CO)OC(=O)CCCCCCCCCCCC. The number of phosphoric ester groups is 1. The van der Waals surface area contributed by atoms with Crippen LogP contribution in [0.4, 0.5) is 0 Å². The van der Waals surface area contributed by atoms with Crippen LogP contribution < -0.4 is 0 Å². The molecule has 3 atom stereocenters. The third-order valence-corrected chi connectivity index (χ3v) is 8.84. The molecule has 10 nitrogen and oxygen atoms in total. The Labute approximate surface area is 291 Å². The molecule has 0 bridgehead atoms. The first-order chi connectivity index (χ1) is 23.2. The van der Waals surface area contributed by atoms with E-state index in [0.717, 1.165) is 57.8 Å². The van der Waals surface area contributed by atoms with Gasteiger partial charge in [-0.2, -0.15) is 0 Å². The molecule has 0 aromatic heterocycles. The van der Waals surface area contributed by atoms with Crippen LogP contribution in [0, 0.1) is 0 Å². The molecule has 0 radical (unpaired) electrons. The Morgan fingerprint density at radius 3 is 1.58 bits per heavy atom. The summed E-state index contributed by atoms with van der Waals surface area (Å²) in [6, 6.07) is 0. The number of unbranched alkanes of at least 4 members (excludes halogenated alkanes) is 18. The lowest BCUT2D eigenvalue weighted by Gasteiger charge is -2.20. The van der Waals surface area contributed by atoms with E-state index in [2.05, 4.69) is 42.7 Å². The number of esters is 2. The average Bonchev–Trinajstić information content (AvgIpc) is 3.07. The third kappa shape index (κ3) is 33.0. The molecule has 48 heavy (non-hydrogen) atoms. The fourth-order valence-corrected chi connectivity index (χ4v) is 5.71. The fourth-order valence-electron chi connectivity index (χ4n) is 4.92. The summed E-state index contributed by atoms with van der Waals surface area (Å²) in [6.45, 7) is 2.31. The largest absolute Gasteiger partial charge is 0.472 e. The predicted octanol–water partition coefficient (Wildman–Crippen LogP) is 9.05. The number of aliphatic hydroxyl groups is 2. The minimum Gasteiger partial charge on any atom is -0.462 e. The highest BCUT2D eigenvalue weighted by atomic mass is 31.2. The highest BCUT2D eigenvalue weighted by Gasteiger charge is 2.27. The van der Waals surface area contributed by atoms with Gasteiger partial charge in [0, 0.05) is 12.8 Å². The summed E-state index contributed by atoms with van der Waals surface area (Å²) in [7, 11) is -4.61. The number of carbonyl (C=O) groups excluding carboxylic acids is 2. The van der Waals surface area contributed by atoms with Crippen molar-refractivity contribution in [1.29, 1.82) is 0 Å². The number of carbonyl (C=O) groups is 2. The van der Waals surface area contributed by atoms with Gasteiger partial charge in [0.25, 0.3) is 0 Å². The Balaban J connectivity index is 4.38. The number of rotatable bonds is 35. The molecule has 0 aliphatic heterocycles. The smallest absolute Gasteiger partial charge is 0.462 e. The molecular formula is C37H69O10P. The lowest BCUT2D eigenvalue weighted by atomic mass is 10.1. The Morgan fingerprint density at radius 1 is 0.625 bits per heavy atom. The van der Waals surface area contributed by atoms with E-state index in [1.165, 1.54) is 64.2 Å². The van der Waals surface area contributed by atoms with Gasteiger partial charge in [0.05, 0.1) is 19.8 Å². The molecule has 0 aliphatic rings. The van der Waals surface area contributed by atoms with E-state index in [4.69, 9.17) is 19.1 Å². The molecule has 282 valence electrons. The zero-order valence-electron chi connectivity index (χ0n) is 30.2. The first-order valence-corrected chi connectivity index (χ1v) is 20.3. The quantitative estimate of drug-likeness (QED) is 0.0252. The van der Waals surface area contributed by atoms with E-state index in [-0.39, 0.29) is 19.4 Å². The van der Waals surface area contributed by atoms with Crippen LogP contribution >= 0.6 is 7.82 Å². The molecule has 3 N–H and O–H groups in total. The lowest BCUT2D eigenvalue weighted by Crippen LogP contribution is -2.29. The maximum Gasteiger partial charge on any atom is 0.472 e. The minimum atomic E-state index is -4.61. The second kappa shape index (κ2) is 33.9. The first kappa shape index (κ1) is 46.5. The van der Waals surface area contributed by atoms with Gasteiger partial charge in [-0.25, -0.2) is 4.57 Å². The van der Waals surface area contributed by atoms with Gasteiger partial charge in [0.15, 0.2) is 6.10 Å². The van der Waals surface area contributed by atoms with E-state index in [1.54, 1.807) is 0 Å². The molecule has 0 heterocycles. The normalized spacial score (nSPS) is 14.4. The molecule has 0 saturated heterocycles. The molecule has 0 fully saturated rings. The molecule has 0 rings (SSSR count). The van der Waals surface area contributed by atoms with Gasteiger partial charge in [0.1, 0.15) is 12.7 Å². The molecule has 0 amide bonds. The van der Waals surface area contributed by atoms with Crippen molar-refractivity contribution in [3.05, 3.63) is 24.3 Å². The summed E-state index contributed by atoms with van der Waals surface area (Å²) in [5.41, 5.74) is 0. The number of aliphatic hydroxyl groups excluding tert-OH is 2. The van der Waals surface area contributed by atoms with Gasteiger partial charge < -0.3 is 24.6 Å². The standard InChI is InChI=1S/C37H69O10P/c1-3-5-7-9-11-13-15-16-17-18-19-21-22-24-26-28-36(40)44-32-35(33-46-48(42,43)45-31-34(39)30-38)47-37(41)29-27-25-23-20-14-12-10-8-6-4-2/h13,15-17,34-35,38-39H,3-12,14,18-33H2,1-2H3,(H,42,43)/b15-13+,17-16+/t34-,35+/m1/s1. The van der Waals surface area contributed by atoms with Crippen LogP contribution in [-0.4, -0.2) is 65.7 Å². The van der Waals surface area contributed by atoms with Crippen LogP contribution in [0.25, 0.3) is 0 Å². The summed E-state index contributed by atoms with van der Waals surface area (Å²) in [5.74, 6) is -0.943. The van der Waals surface area contributed by atoms with E-state index >= 15 is 0 Å². The molecule has 0 saturated carbocycles. The van der Waals surface area contributed by atoms with Crippen molar-refractivity contribution in [3.63, 3.8) is 0 Å². The van der Waals surface area contributed by atoms with Crippen LogP contribution in [-0.2, 0) is 32.7 Å². The van der Waals surface area contributed by atoms with Crippen molar-refractivity contribution >= 4 is 19.8 Å². The van der Waals surface area contributed by atoms with Crippen molar-refractivity contribution < 1.29 is 47.8 Å². The summed E-state index contributed by atoms with van der Waals surface area (Å²) >= 11 is 0. The Hall–Kier alpha value is -1.55. The van der Waals surface area contributed by atoms with Crippen molar-refractivity contribution in [2.24, 2.45) is 0 Å². The molecule has 0 aromatic carbocycles. The lowest BCUT2D eigenvalue weighted by molar-refractivity contribution is -0.161. The third-order valence-electron chi connectivity index (χ3n) is 7.89. The monoisotopic (exact) mass is 704 g/mol. The summed E-state index contributed by atoms with van der Waals surface area (Å²) in [5, 5.41) is 18.2. The van der Waals surface area contributed by atoms with Crippen LogP contribution in [0.5, 0.6) is 0 Å². The highest BCUT2D eigenvalue weighted by molar-refractivity contribution is 7.47. The molecule has 0 aliphatic carbocycles. The van der Waals surface area contributed by atoms with Crippen LogP contribution in [0.15, 0.2) is 24.3 Å². The first-order valence-electron chi connectivity index (χ1n) is 18.8. The Morgan fingerprint density at radius 2 is 1.06 bits per heavy atom. The number of hydrogen-bond donors (Lipinski definition) is 3. The minimum absolute atomic E-state index is 0.183. The van der Waals surface area contributed by atoms with E-state index in [1.807, 2.05) is 0 Å². The van der Waals surface area contributed by atoms with Gasteiger partial charge in [-0.15, -0.1) is 0 Å². The van der Waals surface area contributed by atoms with E-state index < -0.39 is 51.8 Å². The van der Waals surface area contributed by atoms with Gasteiger partial charge in [-0.3, -0.25) is 18.6 Å². The summed E-state index contributed by atoms with van der Waals surface area (Å²) < 4.78 is 32.5. The van der Waals surface area contributed by atoms with Crippen molar-refractivity contribution in [3.8, 4) is 0 Å². The second-order valence-electron chi connectivity index (χ2n) is 12.6. The maximum absolute atomic E-state index is 12.5. The second-order valence-corrected chi connectivity index (χ2v) is 14.1. The molecule has 11 heteroatoms. The zero-order valence-corrected chi connectivity index (χ0v) is 31.1. The zero-order chi connectivity index (χ0) is 35.6. The fraction of sp³-hybridized carbons (Fsp3) is 0.838. The average molecular weight is 705 g/mol. The number of hydrogen-bond acceptors (Lipinski definition) is 9. The highest BCUT2D eigenvalue weighted by Crippen LogP contribution is 2.43. The topological polar surface area (TPSA) is 149 Å². The van der Waals surface area contributed by atoms with E-state index in [9.17, 15) is 24.2 Å². The predicted molar refractivity (Wildman–Crippen MR) is 191 cm³/mol. The van der Waals surface area contributed by atoms with Crippen LogP contribution in [0.3, 0.4) is 0 Å².